The summed E-state index contributed by atoms with van der Waals surface area (Å²) in [5.41, 5.74) is 1.75. The molecule has 0 saturated carbocycles. The number of fused-ring (bicyclic) bond motifs is 1. The van der Waals surface area contributed by atoms with Gasteiger partial charge >= 0.3 is 0 Å². The quantitative estimate of drug-likeness (QED) is 0.655. The molecule has 0 bridgehead atoms. The Morgan fingerprint density at radius 2 is 1.96 bits per heavy atom. The number of hydrogen-bond donors (Lipinski definition) is 1. The van der Waals surface area contributed by atoms with Gasteiger partial charge in [-0.1, -0.05) is 37.6 Å². The Bertz CT molecular complexity index is 1110. The fourth-order valence-corrected chi connectivity index (χ4v) is 4.49. The van der Waals surface area contributed by atoms with Crippen LogP contribution in [0.25, 0.3) is 22.1 Å². The van der Waals surface area contributed by atoms with Crippen molar-refractivity contribution >= 4 is 43.8 Å². The zero-order valence-corrected chi connectivity index (χ0v) is 16.5. The van der Waals surface area contributed by atoms with Crippen LogP contribution in [-0.2, 0) is 10.0 Å². The molecule has 3 aromatic rings. The van der Waals surface area contributed by atoms with Crippen molar-refractivity contribution < 1.29 is 12.8 Å². The standard InChI is InChI=1S/C19H19ClFN3O2S/c1-3-24(4-2)27(25,26)15-8-9-17-18(12-15)23-19(22-17)16(20)11-13-6-5-7-14(21)10-13/h5-12H,3-4H2,1-2H3,(H,22,23). The lowest BCUT2D eigenvalue weighted by molar-refractivity contribution is 0.445. The number of rotatable bonds is 6. The summed E-state index contributed by atoms with van der Waals surface area (Å²) in [4.78, 5) is 7.60. The van der Waals surface area contributed by atoms with Gasteiger partial charge in [-0.15, -0.1) is 0 Å². The minimum Gasteiger partial charge on any atom is -0.337 e. The number of halogens is 2. The molecule has 0 unspecified atom stereocenters. The maximum Gasteiger partial charge on any atom is 0.243 e. The van der Waals surface area contributed by atoms with Crippen LogP contribution in [0.2, 0.25) is 0 Å². The van der Waals surface area contributed by atoms with Crippen molar-refractivity contribution in [2.75, 3.05) is 13.1 Å². The first-order valence-electron chi connectivity index (χ1n) is 8.48. The summed E-state index contributed by atoms with van der Waals surface area (Å²) in [6.07, 6.45) is 1.59. The summed E-state index contributed by atoms with van der Waals surface area (Å²) in [5.74, 6) is 0.0254. The SMILES string of the molecule is CCN(CC)S(=O)(=O)c1ccc2nc(C(Cl)=Cc3cccc(F)c3)[nH]c2c1. The maximum absolute atomic E-state index is 13.3. The normalized spacial score (nSPS) is 12.9. The average Bonchev–Trinajstić information content (AvgIpc) is 3.06. The van der Waals surface area contributed by atoms with Gasteiger partial charge in [-0.25, -0.2) is 17.8 Å². The summed E-state index contributed by atoms with van der Waals surface area (Å²) >= 11 is 6.31. The summed E-state index contributed by atoms with van der Waals surface area (Å²) in [6, 6.07) is 10.7. The van der Waals surface area contributed by atoms with E-state index in [1.807, 2.05) is 0 Å². The van der Waals surface area contributed by atoms with Crippen LogP contribution in [-0.4, -0.2) is 35.8 Å². The van der Waals surface area contributed by atoms with Gasteiger partial charge in [-0.3, -0.25) is 0 Å². The molecule has 142 valence electrons. The van der Waals surface area contributed by atoms with Gasteiger partial charge < -0.3 is 4.98 Å². The lowest BCUT2D eigenvalue weighted by Gasteiger charge is -2.18. The van der Waals surface area contributed by atoms with Crippen LogP contribution in [0.4, 0.5) is 4.39 Å². The fourth-order valence-electron chi connectivity index (χ4n) is 2.79. The van der Waals surface area contributed by atoms with Gasteiger partial charge in [0.2, 0.25) is 10.0 Å². The second-order valence-electron chi connectivity index (χ2n) is 5.90. The van der Waals surface area contributed by atoms with E-state index in [-0.39, 0.29) is 10.7 Å². The molecule has 8 heteroatoms. The van der Waals surface area contributed by atoms with E-state index in [0.717, 1.165) is 0 Å². The van der Waals surface area contributed by atoms with Crippen molar-refractivity contribution in [3.63, 3.8) is 0 Å². The summed E-state index contributed by atoms with van der Waals surface area (Å²) in [6.45, 7) is 4.39. The van der Waals surface area contributed by atoms with E-state index >= 15 is 0 Å². The molecule has 1 heterocycles. The van der Waals surface area contributed by atoms with Crippen molar-refractivity contribution in [1.82, 2.24) is 14.3 Å². The van der Waals surface area contributed by atoms with E-state index in [1.165, 1.54) is 22.5 Å². The highest BCUT2D eigenvalue weighted by atomic mass is 35.5. The van der Waals surface area contributed by atoms with E-state index in [4.69, 9.17) is 11.6 Å². The van der Waals surface area contributed by atoms with Gasteiger partial charge in [0.25, 0.3) is 0 Å². The third-order valence-electron chi connectivity index (χ3n) is 4.16. The van der Waals surface area contributed by atoms with Crippen LogP contribution in [0.1, 0.15) is 25.2 Å². The summed E-state index contributed by atoms with van der Waals surface area (Å²) in [5, 5.41) is 0.296. The predicted molar refractivity (Wildman–Crippen MR) is 106 cm³/mol. The van der Waals surface area contributed by atoms with Crippen LogP contribution >= 0.6 is 11.6 Å². The number of H-pyrrole nitrogens is 1. The Balaban J connectivity index is 1.99. The molecule has 0 radical (unpaired) electrons. The van der Waals surface area contributed by atoms with Crippen molar-refractivity contribution in [3.8, 4) is 0 Å². The maximum atomic E-state index is 13.3. The van der Waals surface area contributed by atoms with Crippen LogP contribution in [0.15, 0.2) is 47.4 Å². The molecule has 0 aliphatic rings. The van der Waals surface area contributed by atoms with Gasteiger partial charge in [0.1, 0.15) is 11.6 Å². The lowest BCUT2D eigenvalue weighted by Crippen LogP contribution is -2.30. The average molecular weight is 408 g/mol. The van der Waals surface area contributed by atoms with Crippen molar-refractivity contribution in [3.05, 3.63) is 59.7 Å². The molecule has 0 fully saturated rings. The molecule has 0 aliphatic heterocycles. The summed E-state index contributed by atoms with van der Waals surface area (Å²) < 4.78 is 40.0. The predicted octanol–water partition coefficient (Wildman–Crippen LogP) is 4.47. The number of benzene rings is 2. The number of hydrogen-bond acceptors (Lipinski definition) is 3. The third-order valence-corrected chi connectivity index (χ3v) is 6.50. The number of sulfonamides is 1. The highest BCUT2D eigenvalue weighted by Crippen LogP contribution is 2.25. The molecule has 27 heavy (non-hydrogen) atoms. The first-order valence-corrected chi connectivity index (χ1v) is 10.3. The molecule has 0 aliphatic carbocycles. The van der Waals surface area contributed by atoms with Gasteiger partial charge in [-0.05, 0) is 42.0 Å². The Morgan fingerprint density at radius 1 is 1.22 bits per heavy atom. The zero-order valence-electron chi connectivity index (χ0n) is 14.9. The Kier molecular flexibility index (Phi) is 5.64. The monoisotopic (exact) mass is 407 g/mol. The van der Waals surface area contributed by atoms with Gasteiger partial charge in [0, 0.05) is 13.1 Å². The van der Waals surface area contributed by atoms with Crippen LogP contribution in [0.3, 0.4) is 0 Å². The molecule has 2 aromatic carbocycles. The van der Waals surface area contributed by atoms with Crippen molar-refractivity contribution in [2.24, 2.45) is 0 Å². The molecule has 0 spiro atoms. The van der Waals surface area contributed by atoms with Gasteiger partial charge in [-0.2, -0.15) is 4.31 Å². The van der Waals surface area contributed by atoms with Crippen LogP contribution in [0.5, 0.6) is 0 Å². The second-order valence-corrected chi connectivity index (χ2v) is 8.25. The van der Waals surface area contributed by atoms with Crippen LogP contribution < -0.4 is 0 Å². The minimum atomic E-state index is -3.56. The molecule has 1 aromatic heterocycles. The number of imidazole rings is 1. The topological polar surface area (TPSA) is 66.1 Å². The van der Waals surface area contributed by atoms with Crippen LogP contribution in [0, 0.1) is 5.82 Å². The highest BCUT2D eigenvalue weighted by molar-refractivity contribution is 7.89. The smallest absolute Gasteiger partial charge is 0.243 e. The largest absolute Gasteiger partial charge is 0.337 e. The fraction of sp³-hybridized carbons (Fsp3) is 0.211. The van der Waals surface area contributed by atoms with Crippen molar-refractivity contribution in [1.29, 1.82) is 0 Å². The molecule has 5 nitrogen and oxygen atoms in total. The highest BCUT2D eigenvalue weighted by Gasteiger charge is 2.22. The number of nitrogens with zero attached hydrogens (tertiary/aromatic N) is 2. The lowest BCUT2D eigenvalue weighted by atomic mass is 10.2. The number of nitrogens with one attached hydrogen (secondary N) is 1. The number of aromatic amines is 1. The molecule has 0 atom stereocenters. The van der Waals surface area contributed by atoms with Gasteiger partial charge in [0.05, 0.1) is 21.0 Å². The van der Waals surface area contributed by atoms with E-state index in [0.29, 0.717) is 40.5 Å². The third kappa shape index (κ3) is 4.05. The zero-order chi connectivity index (χ0) is 19.6. The number of aromatic nitrogens is 2. The second kappa shape index (κ2) is 7.80. The molecular formula is C19H19ClFN3O2S. The van der Waals surface area contributed by atoms with E-state index in [2.05, 4.69) is 9.97 Å². The Hall–Kier alpha value is -2.22. The Labute approximate surface area is 162 Å². The summed E-state index contributed by atoms with van der Waals surface area (Å²) in [7, 11) is -3.56. The first-order chi connectivity index (χ1) is 12.8. The Morgan fingerprint density at radius 3 is 2.63 bits per heavy atom. The molecule has 3 rings (SSSR count). The van der Waals surface area contributed by atoms with E-state index in [9.17, 15) is 12.8 Å². The van der Waals surface area contributed by atoms with E-state index < -0.39 is 10.0 Å². The molecule has 1 N–H and O–H groups in total. The minimum absolute atomic E-state index is 0.194. The van der Waals surface area contributed by atoms with E-state index in [1.54, 1.807) is 44.2 Å². The molecule has 0 saturated heterocycles. The molecular weight excluding hydrogens is 389 g/mol. The molecule has 0 amide bonds. The van der Waals surface area contributed by atoms with Gasteiger partial charge in [0.15, 0.2) is 0 Å². The van der Waals surface area contributed by atoms with Crippen molar-refractivity contribution in [2.45, 2.75) is 18.7 Å². The first kappa shape index (κ1) is 19.5.